The summed E-state index contributed by atoms with van der Waals surface area (Å²) < 4.78 is 5.49. The summed E-state index contributed by atoms with van der Waals surface area (Å²) in [7, 11) is 0. The lowest BCUT2D eigenvalue weighted by Gasteiger charge is -2.29. The number of benzene rings is 1. The van der Waals surface area contributed by atoms with E-state index in [1.807, 2.05) is 25.1 Å². The van der Waals surface area contributed by atoms with Crippen LogP contribution in [0.1, 0.15) is 63.9 Å². The fourth-order valence-corrected chi connectivity index (χ4v) is 3.47. The molecule has 0 radical (unpaired) electrons. The van der Waals surface area contributed by atoms with Gasteiger partial charge in [0.05, 0.1) is 6.61 Å². The molecule has 1 aromatic carbocycles. The zero-order valence-electron chi connectivity index (χ0n) is 14.3. The molecule has 1 saturated carbocycles. The molecule has 0 unspecified atom stereocenters. The van der Waals surface area contributed by atoms with E-state index >= 15 is 0 Å². The normalized spacial score (nSPS) is 21.9. The first-order chi connectivity index (χ1) is 11.2. The maximum Gasteiger partial charge on any atom is 0.331 e. The van der Waals surface area contributed by atoms with Crippen LogP contribution in [0.3, 0.4) is 0 Å². The van der Waals surface area contributed by atoms with E-state index in [1.165, 1.54) is 5.56 Å². The summed E-state index contributed by atoms with van der Waals surface area (Å²) >= 11 is 0. The van der Waals surface area contributed by atoms with Crippen LogP contribution in [0.4, 0.5) is 0 Å². The first-order valence-corrected chi connectivity index (χ1v) is 8.81. The number of rotatable bonds is 7. The molecule has 0 saturated heterocycles. The van der Waals surface area contributed by atoms with Crippen LogP contribution < -0.4 is 4.74 Å². The SMILES string of the molecule is CCCC=C(C(=O)O)[C@H]1CC[C@H](c2ccc(OCC)cc2)CC1. The number of carboxylic acid groups (broad SMARTS) is 1. The standard InChI is InChI=1S/C20H28O3/c1-3-5-6-19(20(21)22)17-9-7-15(8-10-17)16-11-13-18(14-12-16)23-4-2/h6,11-15,17H,3-5,7-10H2,1-2H3,(H,21,22)/t15-,17-. The molecular formula is C20H28O3. The largest absolute Gasteiger partial charge is 0.494 e. The van der Waals surface area contributed by atoms with Crippen molar-refractivity contribution < 1.29 is 14.6 Å². The molecular weight excluding hydrogens is 288 g/mol. The number of aliphatic carboxylic acids is 1. The van der Waals surface area contributed by atoms with Gasteiger partial charge in [0.15, 0.2) is 0 Å². The van der Waals surface area contributed by atoms with E-state index in [-0.39, 0.29) is 5.92 Å². The number of hydrogen-bond acceptors (Lipinski definition) is 2. The minimum absolute atomic E-state index is 0.220. The quantitative estimate of drug-likeness (QED) is 0.706. The summed E-state index contributed by atoms with van der Waals surface area (Å²) in [6, 6.07) is 8.38. The summed E-state index contributed by atoms with van der Waals surface area (Å²) in [4.78, 5) is 11.5. The van der Waals surface area contributed by atoms with Crippen LogP contribution in [0, 0.1) is 5.92 Å². The van der Waals surface area contributed by atoms with Crippen LogP contribution in [0.5, 0.6) is 5.75 Å². The van der Waals surface area contributed by atoms with Crippen molar-refractivity contribution in [2.75, 3.05) is 6.61 Å². The van der Waals surface area contributed by atoms with Crippen LogP contribution in [-0.4, -0.2) is 17.7 Å². The lowest BCUT2D eigenvalue weighted by atomic mass is 9.75. The van der Waals surface area contributed by atoms with Crippen molar-refractivity contribution >= 4 is 5.97 Å². The van der Waals surface area contributed by atoms with E-state index in [2.05, 4.69) is 19.1 Å². The lowest BCUT2D eigenvalue weighted by molar-refractivity contribution is -0.133. The van der Waals surface area contributed by atoms with Crippen molar-refractivity contribution in [2.45, 2.75) is 58.3 Å². The van der Waals surface area contributed by atoms with Crippen molar-refractivity contribution in [3.05, 3.63) is 41.5 Å². The maximum atomic E-state index is 11.5. The third kappa shape index (κ3) is 4.85. The third-order valence-corrected chi connectivity index (χ3v) is 4.73. The molecule has 1 aliphatic rings. The van der Waals surface area contributed by atoms with Crippen molar-refractivity contribution in [2.24, 2.45) is 5.92 Å². The van der Waals surface area contributed by atoms with Crippen LogP contribution >= 0.6 is 0 Å². The van der Waals surface area contributed by atoms with Gasteiger partial charge in [-0.15, -0.1) is 0 Å². The Labute approximate surface area is 139 Å². The topological polar surface area (TPSA) is 46.5 Å². The predicted molar refractivity (Wildman–Crippen MR) is 92.9 cm³/mol. The molecule has 3 heteroatoms. The first-order valence-electron chi connectivity index (χ1n) is 8.81. The van der Waals surface area contributed by atoms with E-state index in [9.17, 15) is 9.90 Å². The number of carbonyl (C=O) groups is 1. The number of hydrogen-bond donors (Lipinski definition) is 1. The molecule has 1 aromatic rings. The monoisotopic (exact) mass is 316 g/mol. The van der Waals surface area contributed by atoms with Gasteiger partial charge in [-0.2, -0.15) is 0 Å². The Hall–Kier alpha value is -1.77. The Morgan fingerprint density at radius 2 is 1.83 bits per heavy atom. The van der Waals surface area contributed by atoms with Crippen molar-refractivity contribution in [3.8, 4) is 5.75 Å². The zero-order valence-corrected chi connectivity index (χ0v) is 14.3. The van der Waals surface area contributed by atoms with Gasteiger partial charge in [0.1, 0.15) is 5.75 Å². The Bertz CT molecular complexity index is 522. The molecule has 0 amide bonds. The molecule has 0 aromatic heterocycles. The van der Waals surface area contributed by atoms with Gasteiger partial charge in [0.25, 0.3) is 0 Å². The van der Waals surface area contributed by atoms with E-state index in [0.29, 0.717) is 18.1 Å². The molecule has 0 bridgehead atoms. The van der Waals surface area contributed by atoms with Gasteiger partial charge < -0.3 is 9.84 Å². The molecule has 1 fully saturated rings. The van der Waals surface area contributed by atoms with Gasteiger partial charge in [0.2, 0.25) is 0 Å². The van der Waals surface area contributed by atoms with Crippen LogP contribution in [-0.2, 0) is 4.79 Å². The van der Waals surface area contributed by atoms with E-state index in [4.69, 9.17) is 4.74 Å². The van der Waals surface area contributed by atoms with Gasteiger partial charge in [-0.3, -0.25) is 0 Å². The summed E-state index contributed by atoms with van der Waals surface area (Å²) in [6.07, 6.45) is 7.87. The Morgan fingerprint density at radius 1 is 1.17 bits per heavy atom. The van der Waals surface area contributed by atoms with Gasteiger partial charge in [-0.1, -0.05) is 31.6 Å². The number of ether oxygens (including phenoxy) is 1. The molecule has 3 nitrogen and oxygen atoms in total. The van der Waals surface area contributed by atoms with Crippen molar-refractivity contribution in [1.82, 2.24) is 0 Å². The van der Waals surface area contributed by atoms with E-state index < -0.39 is 5.97 Å². The molecule has 1 N–H and O–H groups in total. The second kappa shape index (κ2) is 8.76. The summed E-state index contributed by atoms with van der Waals surface area (Å²) in [5.41, 5.74) is 1.98. The van der Waals surface area contributed by atoms with Gasteiger partial charge >= 0.3 is 5.97 Å². The number of allylic oxidation sites excluding steroid dienone is 1. The second-order valence-electron chi connectivity index (χ2n) is 6.30. The third-order valence-electron chi connectivity index (χ3n) is 4.73. The highest BCUT2D eigenvalue weighted by molar-refractivity contribution is 5.87. The number of unbranched alkanes of at least 4 members (excludes halogenated alkanes) is 1. The zero-order chi connectivity index (χ0) is 16.7. The minimum atomic E-state index is -0.733. The molecule has 0 spiro atoms. The van der Waals surface area contributed by atoms with Crippen molar-refractivity contribution in [1.29, 1.82) is 0 Å². The Balaban J connectivity index is 1.96. The smallest absolute Gasteiger partial charge is 0.331 e. The molecule has 126 valence electrons. The molecule has 2 rings (SSSR count). The fraction of sp³-hybridized carbons (Fsp3) is 0.550. The molecule has 0 heterocycles. The average Bonchev–Trinajstić information content (AvgIpc) is 2.57. The first kappa shape index (κ1) is 17.6. The van der Waals surface area contributed by atoms with Gasteiger partial charge in [-0.25, -0.2) is 4.79 Å². The summed E-state index contributed by atoms with van der Waals surface area (Å²) in [5, 5.41) is 9.43. The van der Waals surface area contributed by atoms with Crippen LogP contribution in [0.2, 0.25) is 0 Å². The maximum absolute atomic E-state index is 11.5. The molecule has 1 aliphatic carbocycles. The molecule has 0 aliphatic heterocycles. The highest BCUT2D eigenvalue weighted by Gasteiger charge is 2.27. The van der Waals surface area contributed by atoms with E-state index in [0.717, 1.165) is 44.3 Å². The van der Waals surface area contributed by atoms with Crippen molar-refractivity contribution in [3.63, 3.8) is 0 Å². The average molecular weight is 316 g/mol. The highest BCUT2D eigenvalue weighted by atomic mass is 16.5. The van der Waals surface area contributed by atoms with Gasteiger partial charge in [-0.05, 0) is 68.6 Å². The fourth-order valence-electron chi connectivity index (χ4n) is 3.47. The Morgan fingerprint density at radius 3 is 2.35 bits per heavy atom. The number of carboxylic acids is 1. The van der Waals surface area contributed by atoms with Gasteiger partial charge in [0, 0.05) is 5.57 Å². The minimum Gasteiger partial charge on any atom is -0.494 e. The van der Waals surface area contributed by atoms with E-state index in [1.54, 1.807) is 0 Å². The predicted octanol–water partition coefficient (Wildman–Crippen LogP) is 5.17. The van der Waals surface area contributed by atoms with Crippen LogP contribution in [0.25, 0.3) is 0 Å². The summed E-state index contributed by atoms with van der Waals surface area (Å²) in [6.45, 7) is 4.76. The second-order valence-corrected chi connectivity index (χ2v) is 6.30. The lowest BCUT2D eigenvalue weighted by Crippen LogP contribution is -2.19. The highest BCUT2D eigenvalue weighted by Crippen LogP contribution is 2.39. The summed E-state index contributed by atoms with van der Waals surface area (Å²) in [5.74, 6) is 0.949. The molecule has 23 heavy (non-hydrogen) atoms. The molecule has 0 atom stereocenters. The Kier molecular flexibility index (Phi) is 6.69. The van der Waals surface area contributed by atoms with Crippen LogP contribution in [0.15, 0.2) is 35.9 Å².